The second-order valence-electron chi connectivity index (χ2n) is 2.27. The van der Waals surface area contributed by atoms with Gasteiger partial charge in [0, 0.05) is 4.47 Å². The Hall–Kier alpha value is -0.660. The normalized spacial score (nSPS) is 12.2. The molecule has 0 saturated heterocycles. The first-order chi connectivity index (χ1) is 6.06. The molecule has 0 aliphatic heterocycles. The van der Waals surface area contributed by atoms with E-state index in [9.17, 15) is 8.78 Å². The molecule has 68 valence electrons. The standard InChI is InChI=1S/C8H3BrClF2N/c9-4-1-6(11)8(5(10)3-13)7(12)2-4/h1-2,5H. The van der Waals surface area contributed by atoms with E-state index in [0.717, 1.165) is 12.1 Å². The summed E-state index contributed by atoms with van der Waals surface area (Å²) in [5, 5.41) is 7.08. The van der Waals surface area contributed by atoms with Gasteiger partial charge in [0.2, 0.25) is 0 Å². The molecule has 1 atom stereocenters. The van der Waals surface area contributed by atoms with Crippen LogP contribution in [0.2, 0.25) is 0 Å². The lowest BCUT2D eigenvalue weighted by molar-refractivity contribution is 0.560. The molecular weight excluding hydrogens is 263 g/mol. The molecule has 0 bridgehead atoms. The zero-order chi connectivity index (χ0) is 10.0. The molecule has 1 rings (SSSR count). The van der Waals surface area contributed by atoms with Gasteiger partial charge in [-0.15, -0.1) is 11.6 Å². The zero-order valence-corrected chi connectivity index (χ0v) is 8.53. The molecule has 0 spiro atoms. The van der Waals surface area contributed by atoms with Crippen molar-refractivity contribution < 1.29 is 8.78 Å². The number of nitrogens with zero attached hydrogens (tertiary/aromatic N) is 1. The molecule has 1 aromatic rings. The van der Waals surface area contributed by atoms with Crippen LogP contribution in [0.1, 0.15) is 10.9 Å². The molecule has 0 heterocycles. The Kier molecular flexibility index (Phi) is 3.23. The third kappa shape index (κ3) is 2.17. The monoisotopic (exact) mass is 265 g/mol. The molecule has 0 saturated carbocycles. The van der Waals surface area contributed by atoms with E-state index in [4.69, 9.17) is 16.9 Å². The van der Waals surface area contributed by atoms with Gasteiger partial charge in [-0.1, -0.05) is 15.9 Å². The van der Waals surface area contributed by atoms with E-state index in [1.165, 1.54) is 0 Å². The second-order valence-corrected chi connectivity index (χ2v) is 3.63. The maximum Gasteiger partial charge on any atom is 0.151 e. The third-order valence-electron chi connectivity index (χ3n) is 1.41. The van der Waals surface area contributed by atoms with Crippen molar-refractivity contribution in [2.75, 3.05) is 0 Å². The van der Waals surface area contributed by atoms with Gasteiger partial charge in [0.05, 0.1) is 11.6 Å². The maximum absolute atomic E-state index is 13.0. The highest BCUT2D eigenvalue weighted by molar-refractivity contribution is 9.10. The lowest BCUT2D eigenvalue weighted by Gasteiger charge is -2.04. The van der Waals surface area contributed by atoms with Crippen LogP contribution in [0.4, 0.5) is 8.78 Å². The van der Waals surface area contributed by atoms with Gasteiger partial charge in [-0.25, -0.2) is 8.78 Å². The lowest BCUT2D eigenvalue weighted by atomic mass is 10.1. The van der Waals surface area contributed by atoms with Crippen LogP contribution >= 0.6 is 27.5 Å². The molecule has 13 heavy (non-hydrogen) atoms. The van der Waals surface area contributed by atoms with E-state index in [0.29, 0.717) is 0 Å². The molecule has 0 aliphatic rings. The number of nitriles is 1. The van der Waals surface area contributed by atoms with Gasteiger partial charge in [-0.2, -0.15) is 5.26 Å². The lowest BCUT2D eigenvalue weighted by Crippen LogP contribution is -1.97. The van der Waals surface area contributed by atoms with Crippen LogP contribution in [0.3, 0.4) is 0 Å². The minimum Gasteiger partial charge on any atom is -0.206 e. The Morgan fingerprint density at radius 1 is 1.38 bits per heavy atom. The summed E-state index contributed by atoms with van der Waals surface area (Å²) in [6.45, 7) is 0. The molecule has 1 nitrogen and oxygen atoms in total. The first-order valence-electron chi connectivity index (χ1n) is 3.24. The average molecular weight is 266 g/mol. The summed E-state index contributed by atoms with van der Waals surface area (Å²) in [6, 6.07) is 3.67. The molecule has 5 heteroatoms. The largest absolute Gasteiger partial charge is 0.206 e. The highest BCUT2D eigenvalue weighted by atomic mass is 79.9. The van der Waals surface area contributed by atoms with Crippen LogP contribution in [0.5, 0.6) is 0 Å². The van der Waals surface area contributed by atoms with E-state index >= 15 is 0 Å². The molecule has 1 aromatic carbocycles. The van der Waals surface area contributed by atoms with Crippen molar-refractivity contribution in [2.45, 2.75) is 5.38 Å². The van der Waals surface area contributed by atoms with Crippen LogP contribution in [0, 0.1) is 23.0 Å². The minimum absolute atomic E-state index is 0.271. The second kappa shape index (κ2) is 4.03. The van der Waals surface area contributed by atoms with Crippen LogP contribution in [0.25, 0.3) is 0 Å². The van der Waals surface area contributed by atoms with Crippen molar-refractivity contribution in [3.8, 4) is 6.07 Å². The summed E-state index contributed by atoms with van der Waals surface area (Å²) in [6.07, 6.45) is 0. The van der Waals surface area contributed by atoms with Gasteiger partial charge in [0.1, 0.15) is 11.6 Å². The molecule has 1 unspecified atom stereocenters. The number of hydrogen-bond acceptors (Lipinski definition) is 1. The predicted octanol–water partition coefficient (Wildman–Crippen LogP) is 3.53. The first-order valence-corrected chi connectivity index (χ1v) is 4.47. The van der Waals surface area contributed by atoms with E-state index in [1.54, 1.807) is 6.07 Å². The Balaban J connectivity index is 3.30. The van der Waals surface area contributed by atoms with E-state index in [2.05, 4.69) is 15.9 Å². The fraction of sp³-hybridized carbons (Fsp3) is 0.125. The van der Waals surface area contributed by atoms with Crippen molar-refractivity contribution in [3.63, 3.8) is 0 Å². The fourth-order valence-corrected chi connectivity index (χ4v) is 1.47. The Morgan fingerprint density at radius 2 is 1.85 bits per heavy atom. The van der Waals surface area contributed by atoms with E-state index in [1.807, 2.05) is 0 Å². The van der Waals surface area contributed by atoms with Crippen molar-refractivity contribution in [3.05, 3.63) is 33.8 Å². The smallest absolute Gasteiger partial charge is 0.151 e. The minimum atomic E-state index is -1.30. The highest BCUT2D eigenvalue weighted by Crippen LogP contribution is 2.28. The van der Waals surface area contributed by atoms with Crippen LogP contribution in [-0.4, -0.2) is 0 Å². The van der Waals surface area contributed by atoms with E-state index < -0.39 is 22.6 Å². The summed E-state index contributed by atoms with van der Waals surface area (Å²) >= 11 is 8.31. The molecule has 0 aliphatic carbocycles. The Labute approximate surface area is 87.1 Å². The van der Waals surface area contributed by atoms with Gasteiger partial charge < -0.3 is 0 Å². The number of halogens is 4. The Bertz CT molecular complexity index is 352. The van der Waals surface area contributed by atoms with Crippen molar-refractivity contribution in [1.82, 2.24) is 0 Å². The summed E-state index contributed by atoms with van der Waals surface area (Å²) < 4.78 is 26.4. The predicted molar refractivity (Wildman–Crippen MR) is 48.3 cm³/mol. The maximum atomic E-state index is 13.0. The number of rotatable bonds is 1. The summed E-state index contributed by atoms with van der Waals surface area (Å²) in [5.74, 6) is -1.65. The topological polar surface area (TPSA) is 23.8 Å². The van der Waals surface area contributed by atoms with Crippen LogP contribution in [-0.2, 0) is 0 Å². The van der Waals surface area contributed by atoms with Crippen molar-refractivity contribution >= 4 is 27.5 Å². The fourth-order valence-electron chi connectivity index (χ4n) is 0.860. The molecule has 0 aromatic heterocycles. The van der Waals surface area contributed by atoms with Crippen molar-refractivity contribution in [1.29, 1.82) is 5.26 Å². The Morgan fingerprint density at radius 3 is 2.23 bits per heavy atom. The van der Waals surface area contributed by atoms with Gasteiger partial charge in [0.15, 0.2) is 5.38 Å². The average Bonchev–Trinajstić information content (AvgIpc) is 2.02. The third-order valence-corrected chi connectivity index (χ3v) is 2.18. The van der Waals surface area contributed by atoms with Gasteiger partial charge in [-0.05, 0) is 12.1 Å². The first kappa shape index (κ1) is 10.4. The molecule has 0 fully saturated rings. The number of hydrogen-bond donors (Lipinski definition) is 0. The summed E-state index contributed by atoms with van der Waals surface area (Å²) in [5.41, 5.74) is -0.410. The quantitative estimate of drug-likeness (QED) is 0.713. The summed E-state index contributed by atoms with van der Waals surface area (Å²) in [4.78, 5) is 0. The molecule has 0 radical (unpaired) electrons. The molecule has 0 amide bonds. The summed E-state index contributed by atoms with van der Waals surface area (Å²) in [7, 11) is 0. The highest BCUT2D eigenvalue weighted by Gasteiger charge is 2.18. The zero-order valence-electron chi connectivity index (χ0n) is 6.19. The van der Waals surface area contributed by atoms with Gasteiger partial charge in [-0.3, -0.25) is 0 Å². The SMILES string of the molecule is N#CC(Cl)c1c(F)cc(Br)cc1F. The molecule has 0 N–H and O–H groups in total. The van der Waals surface area contributed by atoms with Crippen LogP contribution < -0.4 is 0 Å². The van der Waals surface area contributed by atoms with Gasteiger partial charge in [0.25, 0.3) is 0 Å². The number of benzene rings is 1. The number of alkyl halides is 1. The molecular formula is C8H3BrClF2N. The van der Waals surface area contributed by atoms with Gasteiger partial charge >= 0.3 is 0 Å². The van der Waals surface area contributed by atoms with Crippen molar-refractivity contribution in [2.24, 2.45) is 0 Å². The van der Waals surface area contributed by atoms with Crippen LogP contribution in [0.15, 0.2) is 16.6 Å². The van der Waals surface area contributed by atoms with E-state index in [-0.39, 0.29) is 4.47 Å².